The molecule has 2 rings (SSSR count). The third-order valence-electron chi connectivity index (χ3n) is 3.19. The Balaban J connectivity index is 2.68. The van der Waals surface area contributed by atoms with Crippen LogP contribution in [0.3, 0.4) is 0 Å². The molecule has 0 unspecified atom stereocenters. The number of aryl methyl sites for hydroxylation is 1. The maximum Gasteiger partial charge on any atom is 0.136 e. The Bertz CT molecular complexity index is 707. The number of hydrogen-bond acceptors (Lipinski definition) is 4. The van der Waals surface area contributed by atoms with Gasteiger partial charge in [0.2, 0.25) is 0 Å². The minimum absolute atomic E-state index is 0.438. The molecule has 0 aliphatic rings. The number of nitrogens with zero attached hydrogens (tertiary/aromatic N) is 3. The lowest BCUT2D eigenvalue weighted by Crippen LogP contribution is -2.02. The zero-order chi connectivity index (χ0) is 15.4. The smallest absolute Gasteiger partial charge is 0.136 e. The van der Waals surface area contributed by atoms with Crippen LogP contribution >= 0.6 is 11.6 Å². The molecule has 1 heterocycles. The predicted octanol–water partition coefficient (Wildman–Crippen LogP) is 3.94. The van der Waals surface area contributed by atoms with Crippen LogP contribution in [0.25, 0.3) is 11.3 Å². The Morgan fingerprint density at radius 3 is 2.71 bits per heavy atom. The Morgan fingerprint density at radius 2 is 2.10 bits per heavy atom. The van der Waals surface area contributed by atoms with Gasteiger partial charge in [-0.2, -0.15) is 5.26 Å². The molecule has 108 valence electrons. The first-order valence-corrected chi connectivity index (χ1v) is 7.10. The van der Waals surface area contributed by atoms with Crippen molar-refractivity contribution in [3.63, 3.8) is 0 Å². The molecule has 0 amide bonds. The third-order valence-corrected chi connectivity index (χ3v) is 3.56. The first kappa shape index (κ1) is 15.3. The molecule has 0 N–H and O–H groups in total. The molecule has 0 atom stereocenters. The fraction of sp³-hybridized carbons (Fsp3) is 0.312. The summed E-state index contributed by atoms with van der Waals surface area (Å²) in [5.74, 6) is 1.36. The van der Waals surface area contributed by atoms with Gasteiger partial charge in [0.15, 0.2) is 0 Å². The van der Waals surface area contributed by atoms with Gasteiger partial charge in [-0.25, -0.2) is 9.97 Å². The summed E-state index contributed by atoms with van der Waals surface area (Å²) in [5, 5.41) is 9.52. The molecule has 0 aliphatic carbocycles. The lowest BCUT2D eigenvalue weighted by Gasteiger charge is -2.12. The van der Waals surface area contributed by atoms with E-state index in [-0.39, 0.29) is 0 Å². The van der Waals surface area contributed by atoms with Gasteiger partial charge >= 0.3 is 0 Å². The van der Waals surface area contributed by atoms with Crippen LogP contribution in [0.5, 0.6) is 5.75 Å². The van der Waals surface area contributed by atoms with E-state index in [1.165, 1.54) is 0 Å². The summed E-state index contributed by atoms with van der Waals surface area (Å²) in [6, 6.07) is 7.38. The SMILES string of the molecule is CCCc1nc(Cl)c(C)c(-c2cc(C#N)ccc2OC)n1. The number of halogens is 1. The molecule has 0 bridgehead atoms. The van der Waals surface area contributed by atoms with Crippen molar-refractivity contribution in [2.75, 3.05) is 7.11 Å². The first-order chi connectivity index (χ1) is 10.1. The second-order valence-electron chi connectivity index (χ2n) is 4.68. The number of rotatable bonds is 4. The van der Waals surface area contributed by atoms with Crippen LogP contribution in [0.2, 0.25) is 5.15 Å². The van der Waals surface area contributed by atoms with Crippen LogP contribution in [0.15, 0.2) is 18.2 Å². The Hall–Kier alpha value is -2.12. The van der Waals surface area contributed by atoms with Crippen LogP contribution in [0, 0.1) is 18.3 Å². The van der Waals surface area contributed by atoms with Gasteiger partial charge in [-0.15, -0.1) is 0 Å². The van der Waals surface area contributed by atoms with Crippen LogP contribution in [0.4, 0.5) is 0 Å². The number of ether oxygens (including phenoxy) is 1. The minimum atomic E-state index is 0.438. The highest BCUT2D eigenvalue weighted by atomic mass is 35.5. The third kappa shape index (κ3) is 3.14. The number of aromatic nitrogens is 2. The molecule has 0 fully saturated rings. The molecule has 0 saturated carbocycles. The van der Waals surface area contributed by atoms with Crippen molar-refractivity contribution in [3.8, 4) is 23.1 Å². The fourth-order valence-electron chi connectivity index (χ4n) is 2.09. The Morgan fingerprint density at radius 1 is 1.33 bits per heavy atom. The molecule has 2 aromatic rings. The largest absolute Gasteiger partial charge is 0.496 e. The van der Waals surface area contributed by atoms with E-state index in [0.717, 1.165) is 24.0 Å². The molecular weight excluding hydrogens is 286 g/mol. The zero-order valence-electron chi connectivity index (χ0n) is 12.3. The molecule has 0 radical (unpaired) electrons. The Labute approximate surface area is 129 Å². The topological polar surface area (TPSA) is 58.8 Å². The van der Waals surface area contributed by atoms with Crippen molar-refractivity contribution in [1.82, 2.24) is 9.97 Å². The predicted molar refractivity (Wildman–Crippen MR) is 82.5 cm³/mol. The molecular formula is C16H16ClN3O. The van der Waals surface area contributed by atoms with Gasteiger partial charge < -0.3 is 4.74 Å². The van der Waals surface area contributed by atoms with Crippen LogP contribution in [-0.4, -0.2) is 17.1 Å². The minimum Gasteiger partial charge on any atom is -0.496 e. The van der Waals surface area contributed by atoms with E-state index in [0.29, 0.717) is 28.0 Å². The van der Waals surface area contributed by atoms with Gasteiger partial charge in [0, 0.05) is 17.5 Å². The molecule has 0 saturated heterocycles. The summed E-state index contributed by atoms with van der Waals surface area (Å²) < 4.78 is 5.38. The van der Waals surface area contributed by atoms with Crippen LogP contribution < -0.4 is 4.74 Å². The lowest BCUT2D eigenvalue weighted by molar-refractivity contribution is 0.416. The van der Waals surface area contributed by atoms with Gasteiger partial charge in [0.1, 0.15) is 16.7 Å². The van der Waals surface area contributed by atoms with E-state index in [1.807, 2.05) is 6.92 Å². The first-order valence-electron chi connectivity index (χ1n) is 6.72. The van der Waals surface area contributed by atoms with Crippen LogP contribution in [0.1, 0.15) is 30.3 Å². The Kier molecular flexibility index (Phi) is 4.77. The van der Waals surface area contributed by atoms with E-state index in [2.05, 4.69) is 23.0 Å². The van der Waals surface area contributed by atoms with Crippen molar-refractivity contribution in [2.24, 2.45) is 0 Å². The van der Waals surface area contributed by atoms with Crippen molar-refractivity contribution in [1.29, 1.82) is 5.26 Å². The molecule has 1 aromatic heterocycles. The summed E-state index contributed by atoms with van der Waals surface area (Å²) >= 11 is 6.22. The van der Waals surface area contributed by atoms with Crippen molar-refractivity contribution in [2.45, 2.75) is 26.7 Å². The quantitative estimate of drug-likeness (QED) is 0.803. The van der Waals surface area contributed by atoms with Crippen molar-refractivity contribution >= 4 is 11.6 Å². The number of hydrogen-bond donors (Lipinski definition) is 0. The van der Waals surface area contributed by atoms with E-state index < -0.39 is 0 Å². The van der Waals surface area contributed by atoms with Gasteiger partial charge in [0.05, 0.1) is 24.4 Å². The molecule has 5 heteroatoms. The normalized spacial score (nSPS) is 10.2. The van der Waals surface area contributed by atoms with Crippen molar-refractivity contribution in [3.05, 3.63) is 40.3 Å². The van der Waals surface area contributed by atoms with E-state index in [1.54, 1.807) is 25.3 Å². The van der Waals surface area contributed by atoms with Gasteiger partial charge in [-0.05, 0) is 31.5 Å². The van der Waals surface area contributed by atoms with E-state index in [9.17, 15) is 0 Å². The molecule has 4 nitrogen and oxygen atoms in total. The highest BCUT2D eigenvalue weighted by Crippen LogP contribution is 2.33. The summed E-state index contributed by atoms with van der Waals surface area (Å²) in [4.78, 5) is 8.89. The van der Waals surface area contributed by atoms with Gasteiger partial charge in [-0.1, -0.05) is 18.5 Å². The van der Waals surface area contributed by atoms with E-state index in [4.69, 9.17) is 21.6 Å². The lowest BCUT2D eigenvalue weighted by atomic mass is 10.0. The van der Waals surface area contributed by atoms with Gasteiger partial charge in [0.25, 0.3) is 0 Å². The molecule has 0 spiro atoms. The number of nitriles is 1. The second kappa shape index (κ2) is 6.55. The monoisotopic (exact) mass is 301 g/mol. The van der Waals surface area contributed by atoms with Crippen molar-refractivity contribution < 1.29 is 4.74 Å². The summed E-state index contributed by atoms with van der Waals surface area (Å²) in [6.07, 6.45) is 1.70. The van der Waals surface area contributed by atoms with Gasteiger partial charge in [-0.3, -0.25) is 0 Å². The number of methoxy groups -OCH3 is 1. The second-order valence-corrected chi connectivity index (χ2v) is 5.04. The average molecular weight is 302 g/mol. The zero-order valence-corrected chi connectivity index (χ0v) is 13.0. The molecule has 0 aliphatic heterocycles. The highest BCUT2D eigenvalue weighted by molar-refractivity contribution is 6.30. The number of benzene rings is 1. The van der Waals surface area contributed by atoms with E-state index >= 15 is 0 Å². The summed E-state index contributed by atoms with van der Waals surface area (Å²) in [7, 11) is 1.59. The fourth-order valence-corrected chi connectivity index (χ4v) is 2.28. The maximum absolute atomic E-state index is 9.09. The standard InChI is InChI=1S/C16H16ClN3O/c1-4-5-14-19-15(10(2)16(17)20-14)12-8-11(9-18)6-7-13(12)21-3/h6-8H,4-5H2,1-3H3. The highest BCUT2D eigenvalue weighted by Gasteiger charge is 2.15. The van der Waals surface area contributed by atoms with Crippen LogP contribution in [-0.2, 0) is 6.42 Å². The maximum atomic E-state index is 9.09. The molecule has 21 heavy (non-hydrogen) atoms. The average Bonchev–Trinajstić information content (AvgIpc) is 2.50. The molecule has 1 aromatic carbocycles. The summed E-state index contributed by atoms with van der Waals surface area (Å²) in [6.45, 7) is 3.93. The summed E-state index contributed by atoms with van der Waals surface area (Å²) in [5.41, 5.74) is 2.81.